The topological polar surface area (TPSA) is 75.9 Å². The van der Waals surface area contributed by atoms with E-state index in [4.69, 9.17) is 0 Å². The molecule has 0 unspecified atom stereocenters. The largest absolute Gasteiger partial charge is 0.355 e. The number of hydrogen-bond acceptors (Lipinski definition) is 5. The van der Waals surface area contributed by atoms with Crippen LogP contribution in [0.5, 0.6) is 0 Å². The van der Waals surface area contributed by atoms with Crippen LogP contribution >= 0.6 is 0 Å². The molecule has 0 spiro atoms. The molecule has 1 aliphatic heterocycles. The van der Waals surface area contributed by atoms with Gasteiger partial charge in [0.15, 0.2) is 5.82 Å². The fourth-order valence-electron chi connectivity index (χ4n) is 3.44. The Bertz CT molecular complexity index is 959. The number of carbonyl (C=O) groups excluding carboxylic acids is 1. The molecular formula is C21H24N6O. The fraction of sp³-hybridized carbons (Fsp3) is 0.333. The summed E-state index contributed by atoms with van der Waals surface area (Å²) in [5.41, 5.74) is 3.20. The van der Waals surface area contributed by atoms with Crippen LogP contribution in [-0.2, 0) is 7.05 Å². The predicted molar refractivity (Wildman–Crippen MR) is 108 cm³/mol. The predicted octanol–water partition coefficient (Wildman–Crippen LogP) is 2.97. The summed E-state index contributed by atoms with van der Waals surface area (Å²) in [4.78, 5) is 14.9. The smallest absolute Gasteiger partial charge is 0.251 e. The number of nitrogens with one attached hydrogen (secondary N) is 1. The molecule has 4 rings (SSSR count). The summed E-state index contributed by atoms with van der Waals surface area (Å²) < 4.78 is 1.73. The minimum atomic E-state index is -0.125. The zero-order chi connectivity index (χ0) is 19.5. The summed E-state index contributed by atoms with van der Waals surface area (Å²) >= 11 is 0. The molecule has 28 heavy (non-hydrogen) atoms. The van der Waals surface area contributed by atoms with Crippen LogP contribution < -0.4 is 10.2 Å². The van der Waals surface area contributed by atoms with Gasteiger partial charge >= 0.3 is 0 Å². The van der Waals surface area contributed by atoms with Crippen LogP contribution in [0.15, 0.2) is 48.8 Å². The standard InChI is InChI=1S/C21H24N6O/c1-15(18-13-22-26(2)14-18)23-21(28)17-7-5-6-16(12-17)19-8-9-20(25-24-19)27-10-3-4-11-27/h5-9,12-15H,3-4,10-11H2,1-2H3,(H,23,28)/t15-/m1/s1. The summed E-state index contributed by atoms with van der Waals surface area (Å²) in [5, 5.41) is 15.9. The highest BCUT2D eigenvalue weighted by molar-refractivity contribution is 5.95. The van der Waals surface area contributed by atoms with E-state index in [9.17, 15) is 4.79 Å². The Hall–Kier alpha value is -3.22. The van der Waals surface area contributed by atoms with Gasteiger partial charge in [0.25, 0.3) is 5.91 Å². The van der Waals surface area contributed by atoms with Crippen molar-refractivity contribution in [3.8, 4) is 11.3 Å². The van der Waals surface area contributed by atoms with Crippen molar-refractivity contribution < 1.29 is 4.79 Å². The number of amides is 1. The van der Waals surface area contributed by atoms with Gasteiger partial charge in [-0.1, -0.05) is 12.1 Å². The first-order valence-corrected chi connectivity index (χ1v) is 9.59. The fourth-order valence-corrected chi connectivity index (χ4v) is 3.44. The third-order valence-electron chi connectivity index (χ3n) is 5.07. The van der Waals surface area contributed by atoms with Crippen LogP contribution in [0.1, 0.15) is 41.7 Å². The third kappa shape index (κ3) is 3.88. The van der Waals surface area contributed by atoms with Crippen LogP contribution in [0.3, 0.4) is 0 Å². The van der Waals surface area contributed by atoms with E-state index in [0.717, 1.165) is 35.7 Å². The van der Waals surface area contributed by atoms with Gasteiger partial charge in [-0.05, 0) is 44.0 Å². The van der Waals surface area contributed by atoms with Crippen molar-refractivity contribution in [3.63, 3.8) is 0 Å². The zero-order valence-corrected chi connectivity index (χ0v) is 16.2. The van der Waals surface area contributed by atoms with E-state index in [1.54, 1.807) is 16.9 Å². The van der Waals surface area contributed by atoms with Crippen molar-refractivity contribution >= 4 is 11.7 Å². The molecule has 1 amide bonds. The van der Waals surface area contributed by atoms with Crippen molar-refractivity contribution in [2.45, 2.75) is 25.8 Å². The molecule has 0 saturated carbocycles. The highest BCUT2D eigenvalue weighted by atomic mass is 16.1. The summed E-state index contributed by atoms with van der Waals surface area (Å²) in [6.07, 6.45) is 6.08. The highest BCUT2D eigenvalue weighted by Gasteiger charge is 2.15. The van der Waals surface area contributed by atoms with E-state index in [1.807, 2.05) is 50.5 Å². The SMILES string of the molecule is C[C@@H](NC(=O)c1cccc(-c2ccc(N3CCCC3)nn2)c1)c1cnn(C)c1. The Morgan fingerprint density at radius 2 is 1.96 bits per heavy atom. The number of anilines is 1. The van der Waals surface area contributed by atoms with Crippen LogP contribution in [0.2, 0.25) is 0 Å². The molecule has 0 radical (unpaired) electrons. The number of hydrogen-bond donors (Lipinski definition) is 1. The van der Waals surface area contributed by atoms with E-state index in [-0.39, 0.29) is 11.9 Å². The molecule has 1 saturated heterocycles. The number of nitrogens with zero attached hydrogens (tertiary/aromatic N) is 5. The Kier molecular flexibility index (Phi) is 5.06. The lowest BCUT2D eigenvalue weighted by atomic mass is 10.1. The summed E-state index contributed by atoms with van der Waals surface area (Å²) in [6.45, 7) is 4.03. The second-order valence-electron chi connectivity index (χ2n) is 7.19. The van der Waals surface area contributed by atoms with Crippen LogP contribution in [0, 0.1) is 0 Å². The van der Waals surface area contributed by atoms with Gasteiger partial charge in [-0.15, -0.1) is 10.2 Å². The number of aryl methyl sites for hydroxylation is 1. The quantitative estimate of drug-likeness (QED) is 0.741. The molecule has 3 heterocycles. The van der Waals surface area contributed by atoms with Gasteiger partial charge in [0.2, 0.25) is 0 Å². The molecule has 1 atom stereocenters. The first kappa shape index (κ1) is 18.2. The zero-order valence-electron chi connectivity index (χ0n) is 16.2. The van der Waals surface area contributed by atoms with Crippen LogP contribution in [0.25, 0.3) is 11.3 Å². The van der Waals surface area contributed by atoms with E-state index >= 15 is 0 Å². The molecule has 0 aliphatic carbocycles. The normalized spacial score (nSPS) is 14.9. The Labute approximate surface area is 164 Å². The van der Waals surface area contributed by atoms with Crippen LogP contribution in [-0.4, -0.2) is 39.0 Å². The maximum absolute atomic E-state index is 12.7. The molecule has 1 N–H and O–H groups in total. The monoisotopic (exact) mass is 376 g/mol. The second kappa shape index (κ2) is 7.80. The Balaban J connectivity index is 1.48. The number of benzene rings is 1. The molecular weight excluding hydrogens is 352 g/mol. The molecule has 1 aliphatic rings. The van der Waals surface area contributed by atoms with Gasteiger partial charge in [0.1, 0.15) is 0 Å². The molecule has 1 fully saturated rings. The Morgan fingerprint density at radius 3 is 2.64 bits per heavy atom. The molecule has 2 aromatic heterocycles. The minimum absolute atomic E-state index is 0.121. The molecule has 3 aromatic rings. The van der Waals surface area contributed by atoms with Gasteiger partial charge in [-0.3, -0.25) is 9.48 Å². The van der Waals surface area contributed by atoms with E-state index in [0.29, 0.717) is 5.56 Å². The lowest BCUT2D eigenvalue weighted by Crippen LogP contribution is -2.26. The van der Waals surface area contributed by atoms with Crippen molar-refractivity contribution in [1.82, 2.24) is 25.3 Å². The minimum Gasteiger partial charge on any atom is -0.355 e. The molecule has 0 bridgehead atoms. The van der Waals surface area contributed by atoms with Gasteiger partial charge in [0, 0.05) is 43.0 Å². The first-order chi connectivity index (χ1) is 13.6. The lowest BCUT2D eigenvalue weighted by molar-refractivity contribution is 0.0940. The van der Waals surface area contributed by atoms with Crippen molar-refractivity contribution in [2.24, 2.45) is 7.05 Å². The van der Waals surface area contributed by atoms with Crippen LogP contribution in [0.4, 0.5) is 5.82 Å². The van der Waals surface area contributed by atoms with Gasteiger partial charge in [-0.25, -0.2) is 0 Å². The van der Waals surface area contributed by atoms with Gasteiger partial charge < -0.3 is 10.2 Å². The molecule has 7 nitrogen and oxygen atoms in total. The number of rotatable bonds is 5. The third-order valence-corrected chi connectivity index (χ3v) is 5.07. The van der Waals surface area contributed by atoms with Crippen molar-refractivity contribution in [2.75, 3.05) is 18.0 Å². The first-order valence-electron chi connectivity index (χ1n) is 9.59. The molecule has 7 heteroatoms. The lowest BCUT2D eigenvalue weighted by Gasteiger charge is -2.15. The average Bonchev–Trinajstić information content (AvgIpc) is 3.40. The van der Waals surface area contributed by atoms with E-state index in [2.05, 4.69) is 25.5 Å². The number of carbonyl (C=O) groups is 1. The summed E-state index contributed by atoms with van der Waals surface area (Å²) in [7, 11) is 1.86. The van der Waals surface area contributed by atoms with E-state index < -0.39 is 0 Å². The molecule has 144 valence electrons. The van der Waals surface area contributed by atoms with Gasteiger partial charge in [-0.2, -0.15) is 5.10 Å². The molecule has 1 aromatic carbocycles. The number of aromatic nitrogens is 4. The van der Waals surface area contributed by atoms with Crippen molar-refractivity contribution in [3.05, 3.63) is 59.9 Å². The Morgan fingerprint density at radius 1 is 1.14 bits per heavy atom. The summed E-state index contributed by atoms with van der Waals surface area (Å²) in [5.74, 6) is 0.792. The highest BCUT2D eigenvalue weighted by Crippen LogP contribution is 2.22. The van der Waals surface area contributed by atoms with Crippen molar-refractivity contribution in [1.29, 1.82) is 0 Å². The maximum Gasteiger partial charge on any atom is 0.251 e. The van der Waals surface area contributed by atoms with E-state index in [1.165, 1.54) is 12.8 Å². The van der Waals surface area contributed by atoms with Gasteiger partial charge in [0.05, 0.1) is 17.9 Å². The maximum atomic E-state index is 12.7. The average molecular weight is 376 g/mol. The second-order valence-corrected chi connectivity index (χ2v) is 7.19. The summed E-state index contributed by atoms with van der Waals surface area (Å²) in [6, 6.07) is 11.3.